The highest BCUT2D eigenvalue weighted by Crippen LogP contribution is 2.14. The number of halogens is 1. The Morgan fingerprint density at radius 2 is 1.95 bits per heavy atom. The van der Waals surface area contributed by atoms with E-state index in [0.717, 1.165) is 16.7 Å². The van der Waals surface area contributed by atoms with Crippen molar-refractivity contribution >= 4 is 27.5 Å². The molecular formula is C14H21BrN2O2. The predicted octanol–water partition coefficient (Wildman–Crippen LogP) is 2.48. The monoisotopic (exact) mass is 328 g/mol. The van der Waals surface area contributed by atoms with E-state index in [9.17, 15) is 9.90 Å². The number of carbonyl (C=O) groups is 1. The summed E-state index contributed by atoms with van der Waals surface area (Å²) in [5, 5.41) is 12.6. The number of anilines is 1. The largest absolute Gasteiger partial charge is 0.389 e. The van der Waals surface area contributed by atoms with Crippen molar-refractivity contribution in [1.29, 1.82) is 0 Å². The van der Waals surface area contributed by atoms with Crippen LogP contribution in [-0.4, -0.2) is 41.1 Å². The highest BCUT2D eigenvalue weighted by atomic mass is 79.9. The van der Waals surface area contributed by atoms with Gasteiger partial charge in [-0.1, -0.05) is 22.9 Å². The second kappa shape index (κ2) is 7.03. The van der Waals surface area contributed by atoms with Crippen LogP contribution in [0.4, 0.5) is 5.69 Å². The van der Waals surface area contributed by atoms with Crippen molar-refractivity contribution in [3.63, 3.8) is 0 Å². The van der Waals surface area contributed by atoms with Crippen molar-refractivity contribution in [2.24, 2.45) is 0 Å². The molecule has 0 radical (unpaired) electrons. The van der Waals surface area contributed by atoms with Crippen molar-refractivity contribution < 1.29 is 9.90 Å². The molecular weight excluding hydrogens is 308 g/mol. The number of likely N-dealkylation sites (N-methyl/N-ethyl adjacent to an activating group) is 1. The van der Waals surface area contributed by atoms with Crippen molar-refractivity contribution in [2.75, 3.05) is 25.0 Å². The summed E-state index contributed by atoms with van der Waals surface area (Å²) in [7, 11) is 0. The molecule has 0 fully saturated rings. The van der Waals surface area contributed by atoms with E-state index < -0.39 is 5.60 Å². The predicted molar refractivity (Wildman–Crippen MR) is 81.2 cm³/mol. The van der Waals surface area contributed by atoms with Gasteiger partial charge in [-0.05, 0) is 44.7 Å². The summed E-state index contributed by atoms with van der Waals surface area (Å²) in [6.07, 6.45) is 0. The zero-order valence-corrected chi connectivity index (χ0v) is 13.2. The fourth-order valence-electron chi connectivity index (χ4n) is 1.76. The number of rotatable bonds is 6. The summed E-state index contributed by atoms with van der Waals surface area (Å²) in [4.78, 5) is 13.8. The maximum atomic E-state index is 11.9. The van der Waals surface area contributed by atoms with Crippen LogP contribution < -0.4 is 5.32 Å². The van der Waals surface area contributed by atoms with Crippen molar-refractivity contribution in [3.05, 3.63) is 28.7 Å². The fourth-order valence-corrected chi connectivity index (χ4v) is 2.03. The minimum Gasteiger partial charge on any atom is -0.389 e. The summed E-state index contributed by atoms with van der Waals surface area (Å²) >= 11 is 3.35. The van der Waals surface area contributed by atoms with Gasteiger partial charge in [0.1, 0.15) is 0 Å². The number of benzene rings is 1. The quantitative estimate of drug-likeness (QED) is 0.843. The molecule has 0 aromatic heterocycles. The molecule has 0 saturated carbocycles. The van der Waals surface area contributed by atoms with E-state index >= 15 is 0 Å². The van der Waals surface area contributed by atoms with Gasteiger partial charge in [-0.25, -0.2) is 0 Å². The Hall–Kier alpha value is -0.910. The van der Waals surface area contributed by atoms with Gasteiger partial charge in [0, 0.05) is 16.7 Å². The van der Waals surface area contributed by atoms with E-state index in [-0.39, 0.29) is 12.5 Å². The third kappa shape index (κ3) is 6.71. The van der Waals surface area contributed by atoms with Crippen LogP contribution in [0.3, 0.4) is 0 Å². The average Bonchev–Trinajstić information content (AvgIpc) is 2.29. The topological polar surface area (TPSA) is 52.6 Å². The van der Waals surface area contributed by atoms with Gasteiger partial charge < -0.3 is 10.4 Å². The maximum absolute atomic E-state index is 11.9. The molecule has 1 aromatic carbocycles. The van der Waals surface area contributed by atoms with E-state index in [4.69, 9.17) is 0 Å². The third-order valence-corrected chi connectivity index (χ3v) is 3.08. The van der Waals surface area contributed by atoms with Gasteiger partial charge in [-0.3, -0.25) is 9.69 Å². The third-order valence-electron chi connectivity index (χ3n) is 2.55. The Kier molecular flexibility index (Phi) is 5.97. The number of aliphatic hydroxyl groups is 1. The van der Waals surface area contributed by atoms with Crippen LogP contribution in [-0.2, 0) is 4.79 Å². The Labute approximate surface area is 122 Å². The van der Waals surface area contributed by atoms with Gasteiger partial charge in [-0.15, -0.1) is 0 Å². The standard InChI is InChI=1S/C14H21BrN2O2/c1-4-17(10-14(2,3)19)9-13(18)16-12-7-5-11(15)6-8-12/h5-8,19H,4,9-10H2,1-3H3,(H,16,18). The van der Waals surface area contributed by atoms with Gasteiger partial charge in [0.05, 0.1) is 12.1 Å². The minimum absolute atomic E-state index is 0.0755. The lowest BCUT2D eigenvalue weighted by molar-refractivity contribution is -0.117. The highest BCUT2D eigenvalue weighted by Gasteiger charge is 2.19. The normalized spacial score (nSPS) is 11.7. The van der Waals surface area contributed by atoms with Gasteiger partial charge >= 0.3 is 0 Å². The number of hydrogen-bond donors (Lipinski definition) is 2. The summed E-state index contributed by atoms with van der Waals surface area (Å²) in [6, 6.07) is 7.44. The first-order valence-electron chi connectivity index (χ1n) is 6.30. The molecule has 0 aliphatic rings. The van der Waals surface area contributed by atoms with E-state index in [1.54, 1.807) is 13.8 Å². The van der Waals surface area contributed by atoms with Crippen LogP contribution in [0.1, 0.15) is 20.8 Å². The Bertz CT molecular complexity index is 412. The molecule has 1 amide bonds. The van der Waals surface area contributed by atoms with Crippen LogP contribution in [0.2, 0.25) is 0 Å². The molecule has 0 spiro atoms. The Morgan fingerprint density at radius 3 is 2.42 bits per heavy atom. The molecule has 106 valence electrons. The maximum Gasteiger partial charge on any atom is 0.238 e. The van der Waals surface area contributed by atoms with Crippen molar-refractivity contribution in [3.8, 4) is 0 Å². The first kappa shape index (κ1) is 16.1. The summed E-state index contributed by atoms with van der Waals surface area (Å²) in [6.45, 7) is 6.91. The van der Waals surface area contributed by atoms with Gasteiger partial charge in [0.25, 0.3) is 0 Å². The molecule has 0 atom stereocenters. The Morgan fingerprint density at radius 1 is 1.37 bits per heavy atom. The van der Waals surface area contributed by atoms with Crippen molar-refractivity contribution in [1.82, 2.24) is 4.90 Å². The molecule has 0 saturated heterocycles. The zero-order valence-electron chi connectivity index (χ0n) is 11.6. The summed E-state index contributed by atoms with van der Waals surface area (Å²) in [5.74, 6) is -0.0755. The molecule has 0 heterocycles. The molecule has 19 heavy (non-hydrogen) atoms. The second-order valence-electron chi connectivity index (χ2n) is 5.17. The SMILES string of the molecule is CCN(CC(=O)Nc1ccc(Br)cc1)CC(C)(C)O. The van der Waals surface area contributed by atoms with Crippen LogP contribution in [0, 0.1) is 0 Å². The van der Waals surface area contributed by atoms with Crippen LogP contribution in [0.25, 0.3) is 0 Å². The lowest BCUT2D eigenvalue weighted by Gasteiger charge is -2.27. The first-order valence-corrected chi connectivity index (χ1v) is 7.09. The molecule has 4 nitrogen and oxygen atoms in total. The highest BCUT2D eigenvalue weighted by molar-refractivity contribution is 9.10. The molecule has 0 aliphatic heterocycles. The summed E-state index contributed by atoms with van der Waals surface area (Å²) < 4.78 is 0.975. The fraction of sp³-hybridized carbons (Fsp3) is 0.500. The molecule has 2 N–H and O–H groups in total. The molecule has 0 aliphatic carbocycles. The number of hydrogen-bond acceptors (Lipinski definition) is 3. The Balaban J connectivity index is 2.51. The molecule has 5 heteroatoms. The van der Waals surface area contributed by atoms with Crippen molar-refractivity contribution in [2.45, 2.75) is 26.4 Å². The first-order chi connectivity index (χ1) is 8.80. The number of amides is 1. The van der Waals surface area contributed by atoms with E-state index in [2.05, 4.69) is 21.2 Å². The van der Waals surface area contributed by atoms with Crippen LogP contribution in [0.15, 0.2) is 28.7 Å². The zero-order chi connectivity index (χ0) is 14.5. The molecule has 1 rings (SSSR count). The lowest BCUT2D eigenvalue weighted by Crippen LogP contribution is -2.42. The van der Waals surface area contributed by atoms with E-state index in [1.807, 2.05) is 36.1 Å². The molecule has 1 aromatic rings. The van der Waals surface area contributed by atoms with E-state index in [0.29, 0.717) is 6.54 Å². The number of nitrogens with zero attached hydrogens (tertiary/aromatic N) is 1. The second-order valence-corrected chi connectivity index (χ2v) is 6.09. The average molecular weight is 329 g/mol. The van der Waals surface area contributed by atoms with Gasteiger partial charge in [-0.2, -0.15) is 0 Å². The number of carbonyl (C=O) groups excluding carboxylic acids is 1. The van der Waals surface area contributed by atoms with Crippen LogP contribution >= 0.6 is 15.9 Å². The molecule has 0 unspecified atom stereocenters. The smallest absolute Gasteiger partial charge is 0.238 e. The minimum atomic E-state index is -0.798. The van der Waals surface area contributed by atoms with Gasteiger partial charge in [0.2, 0.25) is 5.91 Å². The lowest BCUT2D eigenvalue weighted by atomic mass is 10.1. The van der Waals surface area contributed by atoms with E-state index in [1.165, 1.54) is 0 Å². The number of nitrogens with one attached hydrogen (secondary N) is 1. The summed E-state index contributed by atoms with van der Waals surface area (Å²) in [5.41, 5.74) is -0.0269. The molecule has 0 bridgehead atoms. The van der Waals surface area contributed by atoms with Crippen LogP contribution in [0.5, 0.6) is 0 Å². The van der Waals surface area contributed by atoms with Gasteiger partial charge in [0.15, 0.2) is 0 Å².